The molecule has 0 aromatic carbocycles. The van der Waals surface area contributed by atoms with Crippen LogP contribution in [0.5, 0.6) is 0 Å². The summed E-state index contributed by atoms with van der Waals surface area (Å²) in [5, 5.41) is 0. The standard InChI is InChI=1S/C16H35B/c1-11(13(3)17-10)14(16(7,8)9)12(2)15(4,5)6/h11-14,17H,1-10H3. The Morgan fingerprint density at radius 3 is 1.41 bits per heavy atom. The van der Waals surface area contributed by atoms with Gasteiger partial charge in [0, 0.05) is 0 Å². The normalized spacial score (nSPS) is 20.6. The molecular weight excluding hydrogens is 203 g/mol. The average Bonchev–Trinajstić information content (AvgIpc) is 2.12. The van der Waals surface area contributed by atoms with Crippen LogP contribution in [0.3, 0.4) is 0 Å². The van der Waals surface area contributed by atoms with Gasteiger partial charge in [-0.2, -0.15) is 0 Å². The molecule has 0 spiro atoms. The SMILES string of the molecule is CBC(C)C(C)C(C(C)C(C)(C)C)C(C)(C)C. The summed E-state index contributed by atoms with van der Waals surface area (Å²) in [6.45, 7) is 24.1. The summed E-state index contributed by atoms with van der Waals surface area (Å²) in [5.74, 6) is 3.17. The minimum Gasteiger partial charge on any atom is -0.0891 e. The monoisotopic (exact) mass is 238 g/mol. The second-order valence-electron chi connectivity index (χ2n) is 8.29. The van der Waals surface area contributed by atoms with Crippen LogP contribution >= 0.6 is 0 Å². The molecule has 0 aliphatic rings. The fourth-order valence-electron chi connectivity index (χ4n) is 3.26. The summed E-state index contributed by atoms with van der Waals surface area (Å²) in [6, 6.07) is 0. The third-order valence-corrected chi connectivity index (χ3v) is 5.01. The predicted octanol–water partition coefficient (Wildman–Crippen LogP) is 5.26. The highest BCUT2D eigenvalue weighted by Crippen LogP contribution is 2.47. The largest absolute Gasteiger partial charge is 0.120 e. The predicted molar refractivity (Wildman–Crippen MR) is 83.2 cm³/mol. The van der Waals surface area contributed by atoms with E-state index in [1.165, 1.54) is 7.28 Å². The molecule has 17 heavy (non-hydrogen) atoms. The summed E-state index contributed by atoms with van der Waals surface area (Å²) in [4.78, 5) is 0. The van der Waals surface area contributed by atoms with Crippen LogP contribution in [0.1, 0.15) is 62.3 Å². The van der Waals surface area contributed by atoms with Crippen molar-refractivity contribution < 1.29 is 0 Å². The van der Waals surface area contributed by atoms with Crippen molar-refractivity contribution >= 4 is 7.28 Å². The van der Waals surface area contributed by atoms with E-state index in [-0.39, 0.29) is 0 Å². The van der Waals surface area contributed by atoms with E-state index in [1.54, 1.807) is 0 Å². The Bertz CT molecular complexity index is 219. The molecule has 0 fully saturated rings. The van der Waals surface area contributed by atoms with E-state index in [4.69, 9.17) is 0 Å². The molecule has 4 atom stereocenters. The molecule has 0 heterocycles. The molecule has 4 unspecified atom stereocenters. The van der Waals surface area contributed by atoms with Gasteiger partial charge in [-0.15, -0.1) is 0 Å². The van der Waals surface area contributed by atoms with E-state index in [0.717, 1.165) is 23.6 Å². The molecule has 0 nitrogen and oxygen atoms in total. The fraction of sp³-hybridized carbons (Fsp3) is 1.00. The third-order valence-electron chi connectivity index (χ3n) is 5.01. The lowest BCUT2D eigenvalue weighted by atomic mass is 9.52. The lowest BCUT2D eigenvalue weighted by molar-refractivity contribution is 0.0404. The van der Waals surface area contributed by atoms with Gasteiger partial charge in [-0.05, 0) is 28.6 Å². The minimum absolute atomic E-state index is 0.398. The molecule has 0 rings (SSSR count). The Kier molecular flexibility index (Phi) is 5.83. The van der Waals surface area contributed by atoms with Gasteiger partial charge in [0.2, 0.25) is 0 Å². The van der Waals surface area contributed by atoms with Crippen molar-refractivity contribution in [2.45, 2.75) is 75.0 Å². The van der Waals surface area contributed by atoms with Crippen LogP contribution in [0.2, 0.25) is 12.6 Å². The van der Waals surface area contributed by atoms with Gasteiger partial charge in [-0.25, -0.2) is 0 Å². The van der Waals surface area contributed by atoms with Crippen LogP contribution in [-0.2, 0) is 0 Å². The van der Waals surface area contributed by atoms with Crippen LogP contribution in [0.15, 0.2) is 0 Å². The van der Waals surface area contributed by atoms with Crippen molar-refractivity contribution in [1.82, 2.24) is 0 Å². The summed E-state index contributed by atoms with van der Waals surface area (Å²) < 4.78 is 0. The van der Waals surface area contributed by atoms with E-state index < -0.39 is 0 Å². The maximum absolute atomic E-state index is 2.46. The smallest absolute Gasteiger partial charge is 0.0891 e. The lowest BCUT2D eigenvalue weighted by Gasteiger charge is -2.47. The van der Waals surface area contributed by atoms with Gasteiger partial charge in [-0.3, -0.25) is 0 Å². The first-order chi connectivity index (χ1) is 7.42. The molecule has 0 aromatic heterocycles. The highest BCUT2D eigenvalue weighted by atomic mass is 14.4. The summed E-state index contributed by atoms with van der Waals surface area (Å²) in [5.41, 5.74) is 0.801. The van der Waals surface area contributed by atoms with Crippen LogP contribution in [0.25, 0.3) is 0 Å². The minimum atomic E-state index is 0.398. The van der Waals surface area contributed by atoms with Crippen molar-refractivity contribution in [1.29, 1.82) is 0 Å². The highest BCUT2D eigenvalue weighted by Gasteiger charge is 2.40. The topological polar surface area (TPSA) is 0 Å². The molecular formula is C16H35B. The van der Waals surface area contributed by atoms with Crippen LogP contribution in [0, 0.1) is 28.6 Å². The zero-order chi connectivity index (χ0) is 14.0. The molecule has 0 radical (unpaired) electrons. The second kappa shape index (κ2) is 5.80. The molecule has 0 saturated carbocycles. The van der Waals surface area contributed by atoms with E-state index in [2.05, 4.69) is 69.1 Å². The Balaban J connectivity index is 5.16. The second-order valence-corrected chi connectivity index (χ2v) is 8.29. The number of hydrogen-bond acceptors (Lipinski definition) is 0. The summed E-state index contributed by atoms with van der Waals surface area (Å²) >= 11 is 0. The van der Waals surface area contributed by atoms with Gasteiger partial charge in [-0.1, -0.05) is 75.0 Å². The number of rotatable bonds is 4. The molecule has 0 bridgehead atoms. The number of hydrogen-bond donors (Lipinski definition) is 0. The molecule has 0 aliphatic heterocycles. The quantitative estimate of drug-likeness (QED) is 0.586. The zero-order valence-electron chi connectivity index (χ0n) is 14.0. The zero-order valence-corrected chi connectivity index (χ0v) is 14.0. The fourth-order valence-corrected chi connectivity index (χ4v) is 3.26. The van der Waals surface area contributed by atoms with Gasteiger partial charge >= 0.3 is 0 Å². The van der Waals surface area contributed by atoms with Gasteiger partial charge in [0.1, 0.15) is 7.28 Å². The first-order valence-electron chi connectivity index (χ1n) is 7.42. The van der Waals surface area contributed by atoms with Crippen molar-refractivity contribution in [3.05, 3.63) is 0 Å². The van der Waals surface area contributed by atoms with Crippen LogP contribution in [0.4, 0.5) is 0 Å². The van der Waals surface area contributed by atoms with E-state index in [1.807, 2.05) is 0 Å². The van der Waals surface area contributed by atoms with E-state index in [9.17, 15) is 0 Å². The van der Waals surface area contributed by atoms with Crippen molar-refractivity contribution in [3.63, 3.8) is 0 Å². The third kappa shape index (κ3) is 4.68. The Hall–Kier alpha value is 0.0649. The van der Waals surface area contributed by atoms with Crippen LogP contribution < -0.4 is 0 Å². The first kappa shape index (κ1) is 17.1. The lowest BCUT2D eigenvalue weighted by Crippen LogP contribution is -2.39. The Morgan fingerprint density at radius 1 is 0.765 bits per heavy atom. The van der Waals surface area contributed by atoms with E-state index in [0.29, 0.717) is 10.8 Å². The van der Waals surface area contributed by atoms with Crippen molar-refractivity contribution in [2.75, 3.05) is 0 Å². The molecule has 102 valence electrons. The molecule has 0 N–H and O–H groups in total. The highest BCUT2D eigenvalue weighted by molar-refractivity contribution is 6.35. The molecule has 0 amide bonds. The van der Waals surface area contributed by atoms with E-state index >= 15 is 0 Å². The summed E-state index contributed by atoms with van der Waals surface area (Å²) in [7, 11) is 1.30. The molecule has 0 aromatic rings. The van der Waals surface area contributed by atoms with Crippen LogP contribution in [-0.4, -0.2) is 7.28 Å². The van der Waals surface area contributed by atoms with Gasteiger partial charge in [0.05, 0.1) is 0 Å². The Labute approximate surface area is 111 Å². The first-order valence-corrected chi connectivity index (χ1v) is 7.42. The molecule has 1 heteroatoms. The van der Waals surface area contributed by atoms with Crippen molar-refractivity contribution in [3.8, 4) is 0 Å². The maximum Gasteiger partial charge on any atom is 0.120 e. The summed E-state index contributed by atoms with van der Waals surface area (Å²) in [6.07, 6.45) is 0. The van der Waals surface area contributed by atoms with Crippen molar-refractivity contribution in [2.24, 2.45) is 28.6 Å². The molecule has 0 aliphatic carbocycles. The van der Waals surface area contributed by atoms with Gasteiger partial charge in [0.15, 0.2) is 0 Å². The van der Waals surface area contributed by atoms with Gasteiger partial charge in [0.25, 0.3) is 0 Å². The molecule has 0 saturated heterocycles. The average molecular weight is 238 g/mol. The maximum atomic E-state index is 2.46. The Morgan fingerprint density at radius 2 is 1.18 bits per heavy atom. The van der Waals surface area contributed by atoms with Gasteiger partial charge < -0.3 is 0 Å².